The Balaban J connectivity index is 2.09. The Labute approximate surface area is 129 Å². The van der Waals surface area contributed by atoms with Crippen molar-refractivity contribution in [3.63, 3.8) is 0 Å². The van der Waals surface area contributed by atoms with Crippen molar-refractivity contribution in [2.45, 2.75) is 110 Å². The van der Waals surface area contributed by atoms with E-state index in [1.807, 2.05) is 27.7 Å². The number of hydrogen-bond donors (Lipinski definition) is 0. The van der Waals surface area contributed by atoms with Crippen molar-refractivity contribution in [2.75, 3.05) is 0 Å². The molecule has 2 aliphatic heterocycles. The van der Waals surface area contributed by atoms with Crippen molar-refractivity contribution in [2.24, 2.45) is 0 Å². The minimum Gasteiger partial charge on any atom is -0.345 e. The Bertz CT molecular complexity index is 415. The van der Waals surface area contributed by atoms with Crippen molar-refractivity contribution >= 4 is 0 Å². The molecule has 0 saturated carbocycles. The number of rotatable bonds is 3. The molecule has 2 aliphatic rings. The normalized spacial score (nSPS) is 44.1. The molecular weight excluding hydrogens is 268 g/mol. The first-order chi connectivity index (χ1) is 9.21. The Morgan fingerprint density at radius 1 is 0.714 bits per heavy atom. The van der Waals surface area contributed by atoms with Gasteiger partial charge in [0.2, 0.25) is 0 Å². The van der Waals surface area contributed by atoms with Gasteiger partial charge in [0.05, 0.1) is 22.9 Å². The van der Waals surface area contributed by atoms with Gasteiger partial charge in [-0.25, -0.2) is 0 Å². The van der Waals surface area contributed by atoms with Gasteiger partial charge in [0.15, 0.2) is 11.6 Å². The van der Waals surface area contributed by atoms with E-state index in [9.17, 15) is 0 Å². The van der Waals surface area contributed by atoms with Gasteiger partial charge < -0.3 is 18.9 Å². The van der Waals surface area contributed by atoms with E-state index in [-0.39, 0.29) is 22.9 Å². The van der Waals surface area contributed by atoms with Gasteiger partial charge in [0.1, 0.15) is 0 Å². The molecule has 4 heteroatoms. The summed E-state index contributed by atoms with van der Waals surface area (Å²) in [4.78, 5) is 0. The molecular formula is C17H32O4. The molecule has 0 N–H and O–H groups in total. The Morgan fingerprint density at radius 3 is 1.67 bits per heavy atom. The molecule has 4 nitrogen and oxygen atoms in total. The summed E-state index contributed by atoms with van der Waals surface area (Å²) in [6, 6.07) is 0. The highest BCUT2D eigenvalue weighted by Crippen LogP contribution is 2.48. The molecule has 0 spiro atoms. The molecule has 0 aromatic heterocycles. The monoisotopic (exact) mass is 300 g/mol. The van der Waals surface area contributed by atoms with Crippen molar-refractivity contribution in [3.05, 3.63) is 0 Å². The zero-order valence-electron chi connectivity index (χ0n) is 15.1. The van der Waals surface area contributed by atoms with E-state index < -0.39 is 11.6 Å². The fourth-order valence-corrected chi connectivity index (χ4v) is 3.72. The van der Waals surface area contributed by atoms with Crippen LogP contribution in [0.2, 0.25) is 0 Å². The second kappa shape index (κ2) is 4.67. The smallest absolute Gasteiger partial charge is 0.164 e. The predicted molar refractivity (Wildman–Crippen MR) is 82.1 cm³/mol. The van der Waals surface area contributed by atoms with Crippen LogP contribution in [0.1, 0.15) is 75.2 Å². The fourth-order valence-electron chi connectivity index (χ4n) is 3.72. The summed E-state index contributed by atoms with van der Waals surface area (Å²) >= 11 is 0. The molecule has 21 heavy (non-hydrogen) atoms. The van der Waals surface area contributed by atoms with E-state index >= 15 is 0 Å². The minimum atomic E-state index is -0.545. The highest BCUT2D eigenvalue weighted by atomic mass is 16.8. The van der Waals surface area contributed by atoms with Crippen LogP contribution in [-0.4, -0.2) is 34.5 Å². The first-order valence-corrected chi connectivity index (χ1v) is 7.99. The molecule has 0 amide bonds. The number of hydrogen-bond acceptors (Lipinski definition) is 4. The maximum absolute atomic E-state index is 6.22. The highest BCUT2D eigenvalue weighted by molar-refractivity contribution is 5.02. The minimum absolute atomic E-state index is 0.0644. The topological polar surface area (TPSA) is 36.9 Å². The first kappa shape index (κ1) is 17.2. The van der Waals surface area contributed by atoms with Gasteiger partial charge >= 0.3 is 0 Å². The molecule has 0 aromatic rings. The maximum Gasteiger partial charge on any atom is 0.164 e. The third-order valence-corrected chi connectivity index (χ3v) is 5.14. The Kier molecular flexibility index (Phi) is 3.82. The van der Waals surface area contributed by atoms with Crippen molar-refractivity contribution < 1.29 is 18.9 Å². The van der Waals surface area contributed by atoms with Gasteiger partial charge in [-0.1, -0.05) is 0 Å². The second-order valence-corrected chi connectivity index (χ2v) is 8.42. The summed E-state index contributed by atoms with van der Waals surface area (Å²) in [5, 5.41) is 0. The van der Waals surface area contributed by atoms with Gasteiger partial charge in [0, 0.05) is 0 Å². The molecule has 2 heterocycles. The summed E-state index contributed by atoms with van der Waals surface area (Å²) in [6.07, 6.45) is 1.80. The first-order valence-electron chi connectivity index (χ1n) is 7.99. The second-order valence-electron chi connectivity index (χ2n) is 8.42. The quantitative estimate of drug-likeness (QED) is 0.789. The van der Waals surface area contributed by atoms with E-state index in [1.54, 1.807) is 0 Å². The van der Waals surface area contributed by atoms with Gasteiger partial charge in [-0.15, -0.1) is 0 Å². The molecule has 2 saturated heterocycles. The van der Waals surface area contributed by atoms with E-state index in [4.69, 9.17) is 18.9 Å². The fraction of sp³-hybridized carbons (Fsp3) is 1.00. The van der Waals surface area contributed by atoms with Crippen molar-refractivity contribution in [3.8, 4) is 0 Å². The zero-order valence-corrected chi connectivity index (χ0v) is 15.1. The van der Waals surface area contributed by atoms with Crippen LogP contribution in [0.25, 0.3) is 0 Å². The lowest BCUT2D eigenvalue weighted by molar-refractivity contribution is -0.173. The van der Waals surface area contributed by atoms with Crippen LogP contribution in [0.15, 0.2) is 0 Å². The highest BCUT2D eigenvalue weighted by Gasteiger charge is 2.57. The molecule has 2 fully saturated rings. The summed E-state index contributed by atoms with van der Waals surface area (Å²) in [5.41, 5.74) is -0.959. The van der Waals surface area contributed by atoms with Gasteiger partial charge in [-0.3, -0.25) is 0 Å². The van der Waals surface area contributed by atoms with Crippen LogP contribution in [0, 0.1) is 0 Å². The molecule has 2 rings (SSSR count). The van der Waals surface area contributed by atoms with Crippen molar-refractivity contribution in [1.82, 2.24) is 0 Å². The zero-order chi connectivity index (χ0) is 16.3. The van der Waals surface area contributed by atoms with E-state index in [1.165, 1.54) is 0 Å². The molecule has 0 radical (unpaired) electrons. The standard InChI is InChI=1S/C17H32O4/c1-12-16(8,20-14(4,5)18-12)10-11-17(9)13(2,3)19-15(6,7)21-17/h12H,10-11H2,1-9H3. The summed E-state index contributed by atoms with van der Waals surface area (Å²) < 4.78 is 24.4. The van der Waals surface area contributed by atoms with Crippen LogP contribution in [-0.2, 0) is 18.9 Å². The third-order valence-electron chi connectivity index (χ3n) is 5.14. The Hall–Kier alpha value is -0.160. The van der Waals surface area contributed by atoms with E-state index in [0.717, 1.165) is 12.8 Å². The molecule has 0 aliphatic carbocycles. The molecule has 124 valence electrons. The van der Waals surface area contributed by atoms with Crippen LogP contribution >= 0.6 is 0 Å². The van der Waals surface area contributed by atoms with Crippen LogP contribution < -0.4 is 0 Å². The molecule has 0 aromatic carbocycles. The molecule has 0 bridgehead atoms. The average Bonchev–Trinajstić information content (AvgIpc) is 2.52. The predicted octanol–water partition coefficient (Wildman–Crippen LogP) is 4.02. The third kappa shape index (κ3) is 3.14. The lowest BCUT2D eigenvalue weighted by Gasteiger charge is -2.37. The maximum atomic E-state index is 6.22. The van der Waals surface area contributed by atoms with Crippen LogP contribution in [0.5, 0.6) is 0 Å². The van der Waals surface area contributed by atoms with Crippen LogP contribution in [0.3, 0.4) is 0 Å². The molecule has 3 unspecified atom stereocenters. The molecule has 3 atom stereocenters. The van der Waals surface area contributed by atoms with Gasteiger partial charge in [-0.2, -0.15) is 0 Å². The summed E-state index contributed by atoms with van der Waals surface area (Å²) in [7, 11) is 0. The lowest BCUT2D eigenvalue weighted by atomic mass is 9.80. The SMILES string of the molecule is CC1OC(C)(C)OC1(C)CCC1(C)OC(C)(C)OC1(C)C. The van der Waals surface area contributed by atoms with Gasteiger partial charge in [-0.05, 0) is 75.2 Å². The average molecular weight is 300 g/mol. The summed E-state index contributed by atoms with van der Waals surface area (Å²) in [6.45, 7) is 18.4. The largest absolute Gasteiger partial charge is 0.345 e. The van der Waals surface area contributed by atoms with E-state index in [0.29, 0.717) is 0 Å². The van der Waals surface area contributed by atoms with Gasteiger partial charge in [0.25, 0.3) is 0 Å². The van der Waals surface area contributed by atoms with Crippen LogP contribution in [0.4, 0.5) is 0 Å². The van der Waals surface area contributed by atoms with Crippen molar-refractivity contribution in [1.29, 1.82) is 0 Å². The summed E-state index contributed by atoms with van der Waals surface area (Å²) in [5.74, 6) is -1.06. The lowest BCUT2D eigenvalue weighted by Crippen LogP contribution is -2.47. The van der Waals surface area contributed by atoms with E-state index in [2.05, 4.69) is 34.6 Å². The number of ether oxygens (including phenoxy) is 4. The Morgan fingerprint density at radius 2 is 1.29 bits per heavy atom.